The van der Waals surface area contributed by atoms with E-state index in [1.165, 1.54) is 17.4 Å². The summed E-state index contributed by atoms with van der Waals surface area (Å²) in [5.74, 6) is -0.466. The zero-order valence-electron chi connectivity index (χ0n) is 10.6. The van der Waals surface area contributed by atoms with E-state index in [9.17, 15) is 18.0 Å². The molecule has 116 valence electrons. The Bertz CT molecular complexity index is 787. The second kappa shape index (κ2) is 6.32. The fourth-order valence-electron chi connectivity index (χ4n) is 1.41. The molecule has 5 nitrogen and oxygen atoms in total. The Hall–Kier alpha value is -2.13. The summed E-state index contributed by atoms with van der Waals surface area (Å²) in [6, 6.07) is 3.02. The number of primary amides is 1. The lowest BCUT2D eigenvalue weighted by atomic mass is 10.2. The number of nitrogens with zero attached hydrogens (tertiary/aromatic N) is 2. The molecule has 3 aromatic rings. The van der Waals surface area contributed by atoms with Crippen LogP contribution in [0.1, 0.15) is 16.1 Å². The first-order valence-corrected chi connectivity index (χ1v) is 6.90. The van der Waals surface area contributed by atoms with Gasteiger partial charge < -0.3 is 10.2 Å². The maximum absolute atomic E-state index is 12.2. The molecule has 0 saturated carbocycles. The first-order chi connectivity index (χ1) is 10.3. The van der Waals surface area contributed by atoms with Gasteiger partial charge in [0.1, 0.15) is 11.2 Å². The molecule has 0 fully saturated rings. The van der Waals surface area contributed by atoms with Gasteiger partial charge >= 0.3 is 6.18 Å². The number of thiazole rings is 1. The third-order valence-corrected chi connectivity index (χ3v) is 3.12. The Kier molecular flexibility index (Phi) is 4.67. The van der Waals surface area contributed by atoms with Crippen molar-refractivity contribution in [2.45, 2.75) is 6.18 Å². The van der Waals surface area contributed by atoms with Crippen molar-refractivity contribution in [1.29, 1.82) is 0 Å². The topological polar surface area (TPSA) is 82.0 Å². The lowest BCUT2D eigenvalue weighted by molar-refractivity contribution is -0.137. The molecule has 22 heavy (non-hydrogen) atoms. The van der Waals surface area contributed by atoms with Crippen molar-refractivity contribution in [3.8, 4) is 0 Å². The molecular formula is C12H7ClF3N3O2S. The van der Waals surface area contributed by atoms with E-state index in [1.807, 2.05) is 0 Å². The van der Waals surface area contributed by atoms with E-state index >= 15 is 0 Å². The van der Waals surface area contributed by atoms with Crippen LogP contribution in [0.15, 0.2) is 33.5 Å². The highest BCUT2D eigenvalue weighted by molar-refractivity contribution is 7.07. The van der Waals surface area contributed by atoms with Crippen LogP contribution in [-0.4, -0.2) is 15.9 Å². The van der Waals surface area contributed by atoms with Crippen molar-refractivity contribution < 1.29 is 22.4 Å². The molecule has 1 amide bonds. The van der Waals surface area contributed by atoms with Gasteiger partial charge in [-0.2, -0.15) is 18.2 Å². The molecule has 0 aliphatic heterocycles. The number of fused-ring (bicyclic) bond motifs is 1. The number of amides is 1. The number of benzene rings is 1. The maximum atomic E-state index is 12.2. The summed E-state index contributed by atoms with van der Waals surface area (Å²) in [6.45, 7) is 0. The van der Waals surface area contributed by atoms with E-state index in [0.717, 1.165) is 12.1 Å². The molecule has 3 rings (SSSR count). The zero-order valence-corrected chi connectivity index (χ0v) is 12.2. The smallest absolute Gasteiger partial charge is 0.416 e. The highest BCUT2D eigenvalue weighted by Crippen LogP contribution is 2.31. The number of carbonyl (C=O) groups is 1. The monoisotopic (exact) mass is 349 g/mol. The molecule has 0 aliphatic rings. The summed E-state index contributed by atoms with van der Waals surface area (Å²) < 4.78 is 41.4. The molecule has 0 radical (unpaired) electrons. The predicted molar refractivity (Wildman–Crippen MR) is 74.7 cm³/mol. The van der Waals surface area contributed by atoms with Gasteiger partial charge in [-0.05, 0) is 29.8 Å². The normalized spacial score (nSPS) is 11.1. The maximum Gasteiger partial charge on any atom is 0.416 e. The van der Waals surface area contributed by atoms with Crippen LogP contribution in [0.4, 0.5) is 13.2 Å². The van der Waals surface area contributed by atoms with Crippen LogP contribution in [-0.2, 0) is 6.18 Å². The molecule has 0 aliphatic carbocycles. The SMILES string of the molecule is FC(F)(F)c1ccc2nc(Cl)oc2c1.NC(=O)c1cscn1. The number of aromatic nitrogens is 2. The lowest BCUT2D eigenvalue weighted by Crippen LogP contribution is -2.10. The van der Waals surface area contributed by atoms with Gasteiger partial charge in [0.25, 0.3) is 11.3 Å². The molecule has 10 heteroatoms. The van der Waals surface area contributed by atoms with Gasteiger partial charge in [0.05, 0.1) is 11.1 Å². The first-order valence-electron chi connectivity index (χ1n) is 5.58. The Morgan fingerprint density at radius 1 is 1.36 bits per heavy atom. The van der Waals surface area contributed by atoms with E-state index in [4.69, 9.17) is 21.8 Å². The van der Waals surface area contributed by atoms with Crippen molar-refractivity contribution >= 4 is 39.9 Å². The standard InChI is InChI=1S/C8H3ClF3NO.C4H4N2OS/c9-7-13-5-2-1-4(8(10,11)12)3-6(5)14-7;5-4(7)3-1-8-2-6-3/h1-3H;1-2H,(H2,5,7). The number of hydrogen-bond donors (Lipinski definition) is 1. The molecule has 2 N–H and O–H groups in total. The number of nitrogens with two attached hydrogens (primary N) is 1. The van der Waals surface area contributed by atoms with E-state index in [-0.39, 0.29) is 10.9 Å². The van der Waals surface area contributed by atoms with E-state index in [0.29, 0.717) is 11.2 Å². The highest BCUT2D eigenvalue weighted by atomic mass is 35.5. The van der Waals surface area contributed by atoms with Crippen LogP contribution < -0.4 is 5.73 Å². The summed E-state index contributed by atoms with van der Waals surface area (Å²) in [6.07, 6.45) is -4.38. The molecule has 2 aromatic heterocycles. The summed E-state index contributed by atoms with van der Waals surface area (Å²) in [7, 11) is 0. The van der Waals surface area contributed by atoms with Gasteiger partial charge in [-0.15, -0.1) is 11.3 Å². The molecule has 0 saturated heterocycles. The van der Waals surface area contributed by atoms with Crippen molar-refractivity contribution in [1.82, 2.24) is 9.97 Å². The first kappa shape index (κ1) is 16.2. The van der Waals surface area contributed by atoms with Gasteiger partial charge in [-0.3, -0.25) is 4.79 Å². The number of rotatable bonds is 1. The van der Waals surface area contributed by atoms with E-state index in [2.05, 4.69) is 9.97 Å². The number of alkyl halides is 3. The summed E-state index contributed by atoms with van der Waals surface area (Å²) in [5, 5.41) is 1.45. The van der Waals surface area contributed by atoms with Crippen LogP contribution in [0.3, 0.4) is 0 Å². The van der Waals surface area contributed by atoms with Gasteiger partial charge in [-0.25, -0.2) is 4.98 Å². The lowest BCUT2D eigenvalue weighted by Gasteiger charge is -2.04. The number of halogens is 4. The minimum Gasteiger partial charge on any atom is -0.428 e. The minimum atomic E-state index is -4.38. The average Bonchev–Trinajstić information content (AvgIpc) is 3.05. The fraction of sp³-hybridized carbons (Fsp3) is 0.0833. The zero-order chi connectivity index (χ0) is 16.3. The van der Waals surface area contributed by atoms with Gasteiger partial charge in [0.2, 0.25) is 0 Å². The Balaban J connectivity index is 0.000000188. The predicted octanol–water partition coefficient (Wildman–Crippen LogP) is 3.74. The average molecular weight is 350 g/mol. The Morgan fingerprint density at radius 3 is 2.59 bits per heavy atom. The van der Waals surface area contributed by atoms with Crippen molar-refractivity contribution in [3.63, 3.8) is 0 Å². The number of oxazole rings is 1. The Morgan fingerprint density at radius 2 is 2.09 bits per heavy atom. The summed E-state index contributed by atoms with van der Waals surface area (Å²) in [4.78, 5) is 17.6. The minimum absolute atomic E-state index is 0.0322. The van der Waals surface area contributed by atoms with Crippen LogP contribution in [0.25, 0.3) is 11.1 Å². The van der Waals surface area contributed by atoms with Crippen molar-refractivity contribution in [2.75, 3.05) is 0 Å². The molecular weight excluding hydrogens is 343 g/mol. The molecule has 1 aromatic carbocycles. The van der Waals surface area contributed by atoms with Gasteiger partial charge in [0.15, 0.2) is 5.58 Å². The molecule has 0 unspecified atom stereocenters. The highest BCUT2D eigenvalue weighted by Gasteiger charge is 2.31. The van der Waals surface area contributed by atoms with Crippen LogP contribution in [0, 0.1) is 0 Å². The van der Waals surface area contributed by atoms with Crippen molar-refractivity contribution in [2.24, 2.45) is 5.73 Å². The third kappa shape index (κ3) is 3.95. The van der Waals surface area contributed by atoms with Crippen LogP contribution >= 0.6 is 22.9 Å². The third-order valence-electron chi connectivity index (χ3n) is 2.37. The van der Waals surface area contributed by atoms with Crippen molar-refractivity contribution in [3.05, 3.63) is 45.7 Å². The molecule has 2 heterocycles. The fourth-order valence-corrected chi connectivity index (χ4v) is 2.12. The molecule has 0 atom stereocenters. The Labute approximate surface area is 130 Å². The van der Waals surface area contributed by atoms with Crippen LogP contribution in [0.5, 0.6) is 0 Å². The number of hydrogen-bond acceptors (Lipinski definition) is 5. The van der Waals surface area contributed by atoms with E-state index in [1.54, 1.807) is 10.9 Å². The molecule has 0 spiro atoms. The second-order valence-electron chi connectivity index (χ2n) is 3.89. The second-order valence-corrected chi connectivity index (χ2v) is 4.93. The van der Waals surface area contributed by atoms with Gasteiger partial charge in [-0.1, -0.05) is 0 Å². The summed E-state index contributed by atoms with van der Waals surface area (Å²) >= 11 is 6.75. The largest absolute Gasteiger partial charge is 0.428 e. The molecule has 0 bridgehead atoms. The van der Waals surface area contributed by atoms with Gasteiger partial charge in [0, 0.05) is 5.38 Å². The van der Waals surface area contributed by atoms with E-state index < -0.39 is 17.6 Å². The van der Waals surface area contributed by atoms with Crippen LogP contribution in [0.2, 0.25) is 5.35 Å². The summed E-state index contributed by atoms with van der Waals surface area (Å²) in [5.41, 5.74) is 6.34. The number of carbonyl (C=O) groups excluding carboxylic acids is 1. The quantitative estimate of drug-likeness (QED) is 0.725.